The Bertz CT molecular complexity index is 493. The lowest BCUT2D eigenvalue weighted by Gasteiger charge is -2.08. The van der Waals surface area contributed by atoms with Crippen LogP contribution in [0.15, 0.2) is 36.5 Å². The number of ether oxygens (including phenoxy) is 1. The number of nitrogens with zero attached hydrogens (tertiary/aromatic N) is 2. The minimum atomic E-state index is 0.769. The quantitative estimate of drug-likeness (QED) is 0.848. The lowest BCUT2D eigenvalue weighted by Crippen LogP contribution is -2.14. The summed E-state index contributed by atoms with van der Waals surface area (Å²) in [6, 6.07) is 10.1. The van der Waals surface area contributed by atoms with Crippen LogP contribution >= 0.6 is 0 Å². The van der Waals surface area contributed by atoms with E-state index in [0.717, 1.165) is 36.6 Å². The van der Waals surface area contributed by atoms with Crippen LogP contribution < -0.4 is 10.1 Å². The molecule has 4 nitrogen and oxygen atoms in total. The first kappa shape index (κ1) is 12.6. The van der Waals surface area contributed by atoms with E-state index >= 15 is 0 Å². The van der Waals surface area contributed by atoms with Gasteiger partial charge in [-0.25, -0.2) is 0 Å². The summed E-state index contributed by atoms with van der Waals surface area (Å²) in [5, 5.41) is 7.80. The highest BCUT2D eigenvalue weighted by molar-refractivity contribution is 5.32. The monoisotopic (exact) mass is 245 g/mol. The van der Waals surface area contributed by atoms with Crippen molar-refractivity contribution >= 4 is 0 Å². The molecule has 0 unspecified atom stereocenters. The molecule has 1 aromatic heterocycles. The Morgan fingerprint density at radius 3 is 2.78 bits per heavy atom. The maximum atomic E-state index is 5.31. The van der Waals surface area contributed by atoms with Gasteiger partial charge in [0.1, 0.15) is 5.75 Å². The smallest absolute Gasteiger partial charge is 0.123 e. The van der Waals surface area contributed by atoms with Crippen LogP contribution in [-0.2, 0) is 19.6 Å². The van der Waals surface area contributed by atoms with Gasteiger partial charge in [0.25, 0.3) is 0 Å². The molecule has 1 N–H and O–H groups in total. The van der Waals surface area contributed by atoms with E-state index in [2.05, 4.69) is 23.4 Å². The van der Waals surface area contributed by atoms with Gasteiger partial charge in [-0.05, 0) is 19.1 Å². The molecule has 96 valence electrons. The fourth-order valence-corrected chi connectivity index (χ4v) is 1.85. The number of hydrogen-bond donors (Lipinski definition) is 1. The molecule has 0 bridgehead atoms. The number of aromatic nitrogens is 2. The third-order valence-electron chi connectivity index (χ3n) is 2.83. The second-order valence-corrected chi connectivity index (χ2v) is 4.08. The van der Waals surface area contributed by atoms with Crippen LogP contribution in [0.4, 0.5) is 0 Å². The predicted molar refractivity (Wildman–Crippen MR) is 71.4 cm³/mol. The first-order valence-electron chi connectivity index (χ1n) is 6.18. The maximum Gasteiger partial charge on any atom is 0.123 e. The predicted octanol–water partition coefficient (Wildman–Crippen LogP) is 2.20. The third-order valence-corrected chi connectivity index (χ3v) is 2.83. The van der Waals surface area contributed by atoms with Gasteiger partial charge in [0.05, 0.1) is 12.8 Å². The summed E-state index contributed by atoms with van der Waals surface area (Å²) in [4.78, 5) is 0. The zero-order chi connectivity index (χ0) is 12.8. The highest BCUT2D eigenvalue weighted by Gasteiger charge is 2.02. The maximum absolute atomic E-state index is 5.31. The molecule has 0 saturated heterocycles. The SMILES string of the molecule is CCn1ccc(CNCc2ccccc2OC)n1. The lowest BCUT2D eigenvalue weighted by molar-refractivity contribution is 0.407. The van der Waals surface area contributed by atoms with E-state index < -0.39 is 0 Å². The molecule has 0 aliphatic rings. The van der Waals surface area contributed by atoms with Crippen LogP contribution in [0.5, 0.6) is 5.75 Å². The lowest BCUT2D eigenvalue weighted by atomic mass is 10.2. The van der Waals surface area contributed by atoms with Crippen LogP contribution in [0.1, 0.15) is 18.2 Å². The number of hydrogen-bond acceptors (Lipinski definition) is 3. The van der Waals surface area contributed by atoms with Gasteiger partial charge < -0.3 is 10.1 Å². The first-order chi connectivity index (χ1) is 8.83. The number of para-hydroxylation sites is 1. The Balaban J connectivity index is 1.88. The average molecular weight is 245 g/mol. The molecule has 0 aliphatic carbocycles. The van der Waals surface area contributed by atoms with Gasteiger partial charge in [0, 0.05) is 31.4 Å². The van der Waals surface area contributed by atoms with Crippen molar-refractivity contribution in [2.45, 2.75) is 26.6 Å². The number of benzene rings is 1. The second kappa shape index (κ2) is 6.21. The van der Waals surface area contributed by atoms with Crippen LogP contribution in [0.2, 0.25) is 0 Å². The van der Waals surface area contributed by atoms with Gasteiger partial charge in [-0.15, -0.1) is 0 Å². The molecule has 0 radical (unpaired) electrons. The highest BCUT2D eigenvalue weighted by Crippen LogP contribution is 2.16. The zero-order valence-electron chi connectivity index (χ0n) is 10.9. The first-order valence-corrected chi connectivity index (χ1v) is 6.18. The number of aryl methyl sites for hydroxylation is 1. The summed E-state index contributed by atoms with van der Waals surface area (Å²) in [6.45, 7) is 4.54. The van der Waals surface area contributed by atoms with Gasteiger partial charge >= 0.3 is 0 Å². The molecule has 1 heterocycles. The molecule has 0 aliphatic heterocycles. The molecule has 0 saturated carbocycles. The molecule has 0 atom stereocenters. The minimum Gasteiger partial charge on any atom is -0.496 e. The van der Waals surface area contributed by atoms with Crippen molar-refractivity contribution in [2.24, 2.45) is 0 Å². The summed E-state index contributed by atoms with van der Waals surface area (Å²) >= 11 is 0. The molecular formula is C14H19N3O. The molecule has 0 fully saturated rings. The van der Waals surface area contributed by atoms with E-state index in [1.165, 1.54) is 0 Å². The van der Waals surface area contributed by atoms with Crippen molar-refractivity contribution < 1.29 is 4.74 Å². The Labute approximate surface area is 108 Å². The van der Waals surface area contributed by atoms with E-state index in [-0.39, 0.29) is 0 Å². The topological polar surface area (TPSA) is 39.1 Å². The van der Waals surface area contributed by atoms with E-state index in [4.69, 9.17) is 4.74 Å². The number of rotatable bonds is 6. The standard InChI is InChI=1S/C14H19N3O/c1-3-17-9-8-13(16-17)11-15-10-12-6-4-5-7-14(12)18-2/h4-9,15H,3,10-11H2,1-2H3. The average Bonchev–Trinajstić information content (AvgIpc) is 2.87. The molecule has 18 heavy (non-hydrogen) atoms. The van der Waals surface area contributed by atoms with E-state index in [9.17, 15) is 0 Å². The Morgan fingerprint density at radius 1 is 1.22 bits per heavy atom. The molecule has 0 spiro atoms. The van der Waals surface area contributed by atoms with Crippen LogP contribution in [0.3, 0.4) is 0 Å². The Morgan fingerprint density at radius 2 is 2.06 bits per heavy atom. The molecule has 1 aromatic carbocycles. The van der Waals surface area contributed by atoms with Gasteiger partial charge in [-0.2, -0.15) is 5.10 Å². The molecule has 4 heteroatoms. The van der Waals surface area contributed by atoms with Crippen molar-refractivity contribution in [2.75, 3.05) is 7.11 Å². The molecule has 0 amide bonds. The van der Waals surface area contributed by atoms with Gasteiger partial charge in [0.2, 0.25) is 0 Å². The highest BCUT2D eigenvalue weighted by atomic mass is 16.5. The van der Waals surface area contributed by atoms with E-state index in [1.807, 2.05) is 35.1 Å². The Hall–Kier alpha value is -1.81. The third kappa shape index (κ3) is 3.11. The summed E-state index contributed by atoms with van der Waals surface area (Å²) in [7, 11) is 1.70. The van der Waals surface area contributed by atoms with Gasteiger partial charge in [-0.3, -0.25) is 4.68 Å². The molecular weight excluding hydrogens is 226 g/mol. The van der Waals surface area contributed by atoms with Gasteiger partial charge in [-0.1, -0.05) is 18.2 Å². The minimum absolute atomic E-state index is 0.769. The summed E-state index contributed by atoms with van der Waals surface area (Å²) in [5.41, 5.74) is 2.22. The summed E-state index contributed by atoms with van der Waals surface area (Å²) in [6.07, 6.45) is 2.00. The second-order valence-electron chi connectivity index (χ2n) is 4.08. The van der Waals surface area contributed by atoms with Crippen molar-refractivity contribution in [3.05, 3.63) is 47.8 Å². The van der Waals surface area contributed by atoms with Crippen LogP contribution in [-0.4, -0.2) is 16.9 Å². The van der Waals surface area contributed by atoms with Crippen molar-refractivity contribution in [1.82, 2.24) is 15.1 Å². The molecule has 2 aromatic rings. The largest absolute Gasteiger partial charge is 0.496 e. The normalized spacial score (nSPS) is 10.6. The van der Waals surface area contributed by atoms with E-state index in [1.54, 1.807) is 7.11 Å². The van der Waals surface area contributed by atoms with Crippen molar-refractivity contribution in [3.8, 4) is 5.75 Å². The van der Waals surface area contributed by atoms with Crippen molar-refractivity contribution in [1.29, 1.82) is 0 Å². The molecule has 2 rings (SSSR count). The fourth-order valence-electron chi connectivity index (χ4n) is 1.85. The summed E-state index contributed by atoms with van der Waals surface area (Å²) in [5.74, 6) is 0.920. The van der Waals surface area contributed by atoms with Crippen molar-refractivity contribution in [3.63, 3.8) is 0 Å². The van der Waals surface area contributed by atoms with E-state index in [0.29, 0.717) is 0 Å². The number of nitrogens with one attached hydrogen (secondary N) is 1. The number of methoxy groups -OCH3 is 1. The van der Waals surface area contributed by atoms with Crippen LogP contribution in [0, 0.1) is 0 Å². The Kier molecular flexibility index (Phi) is 4.36. The summed E-state index contributed by atoms with van der Waals surface area (Å²) < 4.78 is 7.24. The fraction of sp³-hybridized carbons (Fsp3) is 0.357. The van der Waals surface area contributed by atoms with Gasteiger partial charge in [0.15, 0.2) is 0 Å². The van der Waals surface area contributed by atoms with Crippen LogP contribution in [0.25, 0.3) is 0 Å². The zero-order valence-corrected chi connectivity index (χ0v) is 10.9.